The summed E-state index contributed by atoms with van der Waals surface area (Å²) in [5, 5.41) is 6.60. The molecular formula is C12H13BrN2S. The highest BCUT2D eigenvalue weighted by molar-refractivity contribution is 9.10. The van der Waals surface area contributed by atoms with Crippen LogP contribution in [0.15, 0.2) is 28.1 Å². The zero-order valence-corrected chi connectivity index (χ0v) is 11.7. The van der Waals surface area contributed by atoms with E-state index in [1.165, 1.54) is 5.56 Å². The largest absolute Gasteiger partial charge is 0.378 e. The monoisotopic (exact) mass is 296 g/mol. The van der Waals surface area contributed by atoms with Gasteiger partial charge < -0.3 is 5.32 Å². The molecule has 4 heteroatoms. The fourth-order valence-corrected chi connectivity index (χ4v) is 2.51. The zero-order chi connectivity index (χ0) is 11.5. The van der Waals surface area contributed by atoms with E-state index in [9.17, 15) is 0 Å². The van der Waals surface area contributed by atoms with Crippen LogP contribution in [-0.2, 0) is 6.54 Å². The van der Waals surface area contributed by atoms with Crippen molar-refractivity contribution in [2.24, 2.45) is 0 Å². The van der Waals surface area contributed by atoms with E-state index in [1.807, 2.05) is 13.0 Å². The molecule has 0 fully saturated rings. The molecule has 0 atom stereocenters. The predicted molar refractivity (Wildman–Crippen MR) is 73.1 cm³/mol. The van der Waals surface area contributed by atoms with Crippen LogP contribution in [0.1, 0.15) is 16.3 Å². The second-order valence-corrected chi connectivity index (χ2v) is 5.55. The molecule has 0 saturated carbocycles. The number of anilines is 1. The van der Waals surface area contributed by atoms with Crippen LogP contribution < -0.4 is 5.32 Å². The quantitative estimate of drug-likeness (QED) is 0.921. The lowest BCUT2D eigenvalue weighted by molar-refractivity contribution is 1.07. The Morgan fingerprint density at radius 1 is 1.38 bits per heavy atom. The minimum Gasteiger partial charge on any atom is -0.378 e. The van der Waals surface area contributed by atoms with Gasteiger partial charge in [-0.25, -0.2) is 4.98 Å². The standard InChI is InChI=1S/C12H13BrN2S/c1-8-3-4-10(13)5-11(8)14-6-12-15-9(2)7-16-12/h3-5,7,14H,6H2,1-2H3. The van der Waals surface area contributed by atoms with Crippen molar-refractivity contribution < 1.29 is 0 Å². The van der Waals surface area contributed by atoms with Crippen LogP contribution >= 0.6 is 27.3 Å². The van der Waals surface area contributed by atoms with Gasteiger partial charge in [0.15, 0.2) is 0 Å². The van der Waals surface area contributed by atoms with Gasteiger partial charge in [0.25, 0.3) is 0 Å². The van der Waals surface area contributed by atoms with Crippen LogP contribution in [0.5, 0.6) is 0 Å². The molecule has 0 amide bonds. The predicted octanol–water partition coefficient (Wildman–Crippen LogP) is 4.13. The number of nitrogens with zero attached hydrogens (tertiary/aromatic N) is 1. The number of thiazole rings is 1. The van der Waals surface area contributed by atoms with Crippen molar-refractivity contribution >= 4 is 33.0 Å². The van der Waals surface area contributed by atoms with E-state index in [-0.39, 0.29) is 0 Å². The number of hydrogen-bond acceptors (Lipinski definition) is 3. The summed E-state index contributed by atoms with van der Waals surface area (Å²) in [5.74, 6) is 0. The van der Waals surface area contributed by atoms with Gasteiger partial charge in [-0.15, -0.1) is 11.3 Å². The third-order valence-electron chi connectivity index (χ3n) is 2.30. The van der Waals surface area contributed by atoms with E-state index < -0.39 is 0 Å². The highest BCUT2D eigenvalue weighted by atomic mass is 79.9. The smallest absolute Gasteiger partial charge is 0.112 e. The molecule has 2 nitrogen and oxygen atoms in total. The average Bonchev–Trinajstić information content (AvgIpc) is 2.66. The van der Waals surface area contributed by atoms with E-state index in [2.05, 4.69) is 50.7 Å². The lowest BCUT2D eigenvalue weighted by Crippen LogP contribution is -2.00. The topological polar surface area (TPSA) is 24.9 Å². The minimum absolute atomic E-state index is 0.788. The van der Waals surface area contributed by atoms with Gasteiger partial charge in [-0.05, 0) is 31.5 Å². The molecule has 1 aromatic carbocycles. The molecule has 0 radical (unpaired) electrons. The third kappa shape index (κ3) is 2.83. The first kappa shape index (κ1) is 11.6. The fraction of sp³-hybridized carbons (Fsp3) is 0.250. The van der Waals surface area contributed by atoms with Crippen LogP contribution in [0.3, 0.4) is 0 Å². The van der Waals surface area contributed by atoms with Crippen LogP contribution in [0, 0.1) is 13.8 Å². The highest BCUT2D eigenvalue weighted by Crippen LogP contribution is 2.21. The van der Waals surface area contributed by atoms with Gasteiger partial charge in [-0.3, -0.25) is 0 Å². The highest BCUT2D eigenvalue weighted by Gasteiger charge is 2.01. The van der Waals surface area contributed by atoms with Gasteiger partial charge in [-0.1, -0.05) is 22.0 Å². The van der Waals surface area contributed by atoms with Gasteiger partial charge in [-0.2, -0.15) is 0 Å². The Labute approximate surface area is 108 Å². The van der Waals surface area contributed by atoms with Crippen molar-refractivity contribution in [1.29, 1.82) is 0 Å². The maximum Gasteiger partial charge on any atom is 0.112 e. The van der Waals surface area contributed by atoms with Gasteiger partial charge >= 0.3 is 0 Å². The summed E-state index contributed by atoms with van der Waals surface area (Å²) in [4.78, 5) is 4.42. The molecule has 84 valence electrons. The van der Waals surface area contributed by atoms with Gasteiger partial charge in [0, 0.05) is 21.2 Å². The SMILES string of the molecule is Cc1csc(CNc2cc(Br)ccc2C)n1. The van der Waals surface area contributed by atoms with E-state index in [0.717, 1.165) is 27.4 Å². The minimum atomic E-state index is 0.788. The maximum absolute atomic E-state index is 4.42. The lowest BCUT2D eigenvalue weighted by atomic mass is 10.2. The molecule has 0 unspecified atom stereocenters. The summed E-state index contributed by atoms with van der Waals surface area (Å²) in [7, 11) is 0. The summed E-state index contributed by atoms with van der Waals surface area (Å²) in [5.41, 5.74) is 3.49. The molecule has 2 aromatic rings. The third-order valence-corrected chi connectivity index (χ3v) is 3.76. The van der Waals surface area contributed by atoms with E-state index in [1.54, 1.807) is 11.3 Å². The molecule has 1 heterocycles. The molecule has 0 aliphatic carbocycles. The van der Waals surface area contributed by atoms with Crippen molar-refractivity contribution in [3.63, 3.8) is 0 Å². The maximum atomic E-state index is 4.42. The van der Waals surface area contributed by atoms with Crippen molar-refractivity contribution in [2.45, 2.75) is 20.4 Å². The Morgan fingerprint density at radius 3 is 2.88 bits per heavy atom. The van der Waals surface area contributed by atoms with Crippen LogP contribution in [-0.4, -0.2) is 4.98 Å². The lowest BCUT2D eigenvalue weighted by Gasteiger charge is -2.08. The molecular weight excluding hydrogens is 284 g/mol. The summed E-state index contributed by atoms with van der Waals surface area (Å²) >= 11 is 5.17. The van der Waals surface area contributed by atoms with Crippen LogP contribution in [0.4, 0.5) is 5.69 Å². The summed E-state index contributed by atoms with van der Waals surface area (Å²) < 4.78 is 1.09. The number of halogens is 1. The van der Waals surface area contributed by atoms with Crippen molar-refractivity contribution in [3.8, 4) is 0 Å². The Morgan fingerprint density at radius 2 is 2.19 bits per heavy atom. The molecule has 0 bridgehead atoms. The van der Waals surface area contributed by atoms with Gasteiger partial charge in [0.2, 0.25) is 0 Å². The molecule has 0 saturated heterocycles. The first-order valence-electron chi connectivity index (χ1n) is 5.06. The molecule has 0 aliphatic heterocycles. The molecule has 16 heavy (non-hydrogen) atoms. The Bertz CT molecular complexity index is 494. The first-order chi connectivity index (χ1) is 7.65. The second-order valence-electron chi connectivity index (χ2n) is 3.70. The molecule has 0 aliphatic rings. The molecule has 1 N–H and O–H groups in total. The average molecular weight is 297 g/mol. The second kappa shape index (κ2) is 4.97. The van der Waals surface area contributed by atoms with E-state index >= 15 is 0 Å². The van der Waals surface area contributed by atoms with Crippen LogP contribution in [0.25, 0.3) is 0 Å². The van der Waals surface area contributed by atoms with Crippen molar-refractivity contribution in [2.75, 3.05) is 5.32 Å². The molecule has 2 rings (SSSR count). The van der Waals surface area contributed by atoms with Crippen molar-refractivity contribution in [1.82, 2.24) is 4.98 Å². The first-order valence-corrected chi connectivity index (χ1v) is 6.73. The number of aromatic nitrogens is 1. The Balaban J connectivity index is 2.07. The van der Waals surface area contributed by atoms with E-state index in [0.29, 0.717) is 0 Å². The summed E-state index contributed by atoms with van der Waals surface area (Å²) in [6.07, 6.45) is 0. The number of rotatable bonds is 3. The number of benzene rings is 1. The number of aryl methyl sites for hydroxylation is 2. The molecule has 0 spiro atoms. The zero-order valence-electron chi connectivity index (χ0n) is 9.25. The van der Waals surface area contributed by atoms with E-state index in [4.69, 9.17) is 0 Å². The fourth-order valence-electron chi connectivity index (χ4n) is 1.44. The number of nitrogens with one attached hydrogen (secondary N) is 1. The van der Waals surface area contributed by atoms with Gasteiger partial charge in [0.05, 0.1) is 6.54 Å². The van der Waals surface area contributed by atoms with Crippen molar-refractivity contribution in [3.05, 3.63) is 44.3 Å². The summed E-state index contributed by atoms with van der Waals surface area (Å²) in [6.45, 7) is 4.90. The number of hydrogen-bond donors (Lipinski definition) is 1. The molecule has 1 aromatic heterocycles. The summed E-state index contributed by atoms with van der Waals surface area (Å²) in [6, 6.07) is 6.24. The normalized spacial score (nSPS) is 10.4. The van der Waals surface area contributed by atoms with Crippen LogP contribution in [0.2, 0.25) is 0 Å². The van der Waals surface area contributed by atoms with Gasteiger partial charge in [0.1, 0.15) is 5.01 Å². The Kier molecular flexibility index (Phi) is 3.61. The Hall–Kier alpha value is -0.870.